The summed E-state index contributed by atoms with van der Waals surface area (Å²) in [6.45, 7) is 0.529. The van der Waals surface area contributed by atoms with Crippen LogP contribution in [0.15, 0.2) is 48.5 Å². The number of benzene rings is 2. The van der Waals surface area contributed by atoms with E-state index in [1.54, 1.807) is 24.3 Å². The van der Waals surface area contributed by atoms with Crippen LogP contribution in [0.5, 0.6) is 0 Å². The lowest BCUT2D eigenvalue weighted by Crippen LogP contribution is -2.40. The zero-order valence-electron chi connectivity index (χ0n) is 14.7. The summed E-state index contributed by atoms with van der Waals surface area (Å²) in [5.41, 5.74) is 3.59. The predicted octanol–water partition coefficient (Wildman–Crippen LogP) is 3.85. The smallest absolute Gasteiger partial charge is 0.322 e. The molecule has 0 bridgehead atoms. The van der Waals surface area contributed by atoms with Gasteiger partial charge in [-0.25, -0.2) is 4.79 Å². The number of nitriles is 1. The van der Waals surface area contributed by atoms with Crippen molar-refractivity contribution in [3.63, 3.8) is 0 Å². The summed E-state index contributed by atoms with van der Waals surface area (Å²) >= 11 is 0. The number of fused-ring (bicyclic) bond motifs is 1. The van der Waals surface area contributed by atoms with Gasteiger partial charge >= 0.3 is 6.03 Å². The van der Waals surface area contributed by atoms with Gasteiger partial charge in [-0.1, -0.05) is 30.3 Å². The molecular formula is C21H23N3O2. The monoisotopic (exact) mass is 349 g/mol. The molecule has 1 unspecified atom stereocenters. The molecule has 0 radical (unpaired) electrons. The molecule has 2 aromatic rings. The third-order valence-electron chi connectivity index (χ3n) is 4.77. The van der Waals surface area contributed by atoms with Crippen molar-refractivity contribution < 1.29 is 9.90 Å². The quantitative estimate of drug-likeness (QED) is 0.861. The molecule has 1 aliphatic carbocycles. The van der Waals surface area contributed by atoms with Crippen LogP contribution in [0.1, 0.15) is 42.0 Å². The van der Waals surface area contributed by atoms with Crippen LogP contribution < -0.4 is 5.32 Å². The second-order valence-corrected chi connectivity index (χ2v) is 6.50. The molecule has 134 valence electrons. The average Bonchev–Trinajstić information content (AvgIpc) is 2.68. The van der Waals surface area contributed by atoms with E-state index in [4.69, 9.17) is 5.26 Å². The van der Waals surface area contributed by atoms with E-state index in [-0.39, 0.29) is 18.7 Å². The van der Waals surface area contributed by atoms with Gasteiger partial charge in [0, 0.05) is 18.8 Å². The molecule has 26 heavy (non-hydrogen) atoms. The molecule has 2 aromatic carbocycles. The Hall–Kier alpha value is -2.84. The first-order valence-corrected chi connectivity index (χ1v) is 8.99. The van der Waals surface area contributed by atoms with Crippen LogP contribution in [0.2, 0.25) is 0 Å². The Morgan fingerprint density at radius 2 is 2.12 bits per heavy atom. The van der Waals surface area contributed by atoms with Gasteiger partial charge in [-0.05, 0) is 55.0 Å². The molecule has 5 heteroatoms. The number of aliphatic hydroxyl groups is 1. The normalized spacial score (nSPS) is 15.6. The number of nitrogens with one attached hydrogen (secondary N) is 1. The number of rotatable bonds is 5. The number of aryl methyl sites for hydroxylation is 1. The number of anilines is 1. The predicted molar refractivity (Wildman–Crippen MR) is 101 cm³/mol. The van der Waals surface area contributed by atoms with Crippen molar-refractivity contribution in [3.8, 4) is 6.07 Å². The number of hydrogen-bond acceptors (Lipinski definition) is 3. The molecule has 3 rings (SSSR count). The molecule has 0 aromatic heterocycles. The second-order valence-electron chi connectivity index (χ2n) is 6.50. The van der Waals surface area contributed by atoms with Crippen LogP contribution in [0.25, 0.3) is 0 Å². The number of carbonyl (C=O) groups is 1. The van der Waals surface area contributed by atoms with Crippen LogP contribution in [-0.2, 0) is 6.42 Å². The molecule has 0 fully saturated rings. The van der Waals surface area contributed by atoms with Gasteiger partial charge in [0.25, 0.3) is 0 Å². The number of amides is 2. The van der Waals surface area contributed by atoms with Gasteiger partial charge in [-0.2, -0.15) is 5.26 Å². The van der Waals surface area contributed by atoms with E-state index in [1.807, 2.05) is 17.0 Å². The van der Waals surface area contributed by atoms with E-state index < -0.39 is 0 Å². The Morgan fingerprint density at radius 1 is 1.27 bits per heavy atom. The molecule has 1 atom stereocenters. The van der Waals surface area contributed by atoms with Crippen LogP contribution in [-0.4, -0.2) is 29.2 Å². The van der Waals surface area contributed by atoms with Crippen LogP contribution in [0.4, 0.5) is 10.5 Å². The first kappa shape index (κ1) is 18.0. The van der Waals surface area contributed by atoms with Gasteiger partial charge in [0.2, 0.25) is 0 Å². The third-order valence-corrected chi connectivity index (χ3v) is 4.77. The molecule has 1 aliphatic rings. The number of carbonyl (C=O) groups excluding carboxylic acids is 1. The second kappa shape index (κ2) is 8.50. The molecule has 0 spiro atoms. The standard InChI is InChI=1S/C21H23N3O2/c22-15-16-6-3-9-18(14-16)23-21(26)24(12-5-13-25)20-11-4-8-17-7-1-2-10-19(17)20/h1-3,6-7,9-10,14,20,25H,4-5,8,11-13H2,(H,23,26). The lowest BCUT2D eigenvalue weighted by atomic mass is 9.87. The van der Waals surface area contributed by atoms with Crippen LogP contribution in [0, 0.1) is 11.3 Å². The highest BCUT2D eigenvalue weighted by Gasteiger charge is 2.28. The highest BCUT2D eigenvalue weighted by Crippen LogP contribution is 2.34. The van der Waals surface area contributed by atoms with Crippen molar-refractivity contribution in [3.05, 3.63) is 65.2 Å². The van der Waals surface area contributed by atoms with Gasteiger partial charge in [0.1, 0.15) is 0 Å². The van der Waals surface area contributed by atoms with E-state index in [2.05, 4.69) is 23.5 Å². The van der Waals surface area contributed by atoms with E-state index >= 15 is 0 Å². The molecule has 0 heterocycles. The summed E-state index contributed by atoms with van der Waals surface area (Å²) in [5, 5.41) is 21.2. The summed E-state index contributed by atoms with van der Waals surface area (Å²) < 4.78 is 0. The minimum absolute atomic E-state index is 0.00523. The fraction of sp³-hybridized carbons (Fsp3) is 0.333. The Kier molecular flexibility index (Phi) is 5.88. The minimum Gasteiger partial charge on any atom is -0.396 e. The molecule has 5 nitrogen and oxygen atoms in total. The van der Waals surface area contributed by atoms with Crippen molar-refractivity contribution in [1.82, 2.24) is 4.90 Å². The summed E-state index contributed by atoms with van der Waals surface area (Å²) in [4.78, 5) is 14.8. The maximum Gasteiger partial charge on any atom is 0.322 e. The Balaban J connectivity index is 1.84. The summed E-state index contributed by atoms with van der Waals surface area (Å²) in [6.07, 6.45) is 3.51. The molecule has 2 amide bonds. The topological polar surface area (TPSA) is 76.4 Å². The van der Waals surface area contributed by atoms with Crippen LogP contribution in [0.3, 0.4) is 0 Å². The molecule has 0 saturated carbocycles. The van der Waals surface area contributed by atoms with Crippen LogP contribution >= 0.6 is 0 Å². The van der Waals surface area contributed by atoms with Gasteiger partial charge in [-0.3, -0.25) is 0 Å². The van der Waals surface area contributed by atoms with Crippen molar-refractivity contribution >= 4 is 11.7 Å². The van der Waals surface area contributed by atoms with E-state index in [1.165, 1.54) is 11.1 Å². The van der Waals surface area contributed by atoms with E-state index in [0.29, 0.717) is 24.2 Å². The van der Waals surface area contributed by atoms with Gasteiger partial charge in [-0.15, -0.1) is 0 Å². The molecular weight excluding hydrogens is 326 g/mol. The van der Waals surface area contributed by atoms with E-state index in [9.17, 15) is 9.90 Å². The average molecular weight is 349 g/mol. The summed E-state index contributed by atoms with van der Waals surface area (Å²) in [7, 11) is 0. The van der Waals surface area contributed by atoms with Gasteiger partial charge in [0.05, 0.1) is 17.7 Å². The van der Waals surface area contributed by atoms with Gasteiger partial charge in [0.15, 0.2) is 0 Å². The zero-order chi connectivity index (χ0) is 18.4. The lowest BCUT2D eigenvalue weighted by Gasteiger charge is -2.36. The van der Waals surface area contributed by atoms with Crippen molar-refractivity contribution in [2.45, 2.75) is 31.7 Å². The highest BCUT2D eigenvalue weighted by molar-refractivity contribution is 5.89. The minimum atomic E-state index is -0.199. The first-order chi connectivity index (χ1) is 12.7. The number of hydrogen-bond donors (Lipinski definition) is 2. The number of aliphatic hydroxyl groups excluding tert-OH is 1. The molecule has 0 aliphatic heterocycles. The third kappa shape index (κ3) is 4.04. The van der Waals surface area contributed by atoms with Crippen molar-refractivity contribution in [2.24, 2.45) is 0 Å². The largest absolute Gasteiger partial charge is 0.396 e. The molecule has 2 N–H and O–H groups in total. The van der Waals surface area contributed by atoms with Gasteiger partial charge < -0.3 is 15.3 Å². The number of urea groups is 1. The Morgan fingerprint density at radius 3 is 2.92 bits per heavy atom. The maximum absolute atomic E-state index is 13.0. The Labute approximate surface area is 153 Å². The number of nitrogens with zero attached hydrogens (tertiary/aromatic N) is 2. The highest BCUT2D eigenvalue weighted by atomic mass is 16.3. The molecule has 0 saturated heterocycles. The van der Waals surface area contributed by atoms with Crippen molar-refractivity contribution in [1.29, 1.82) is 5.26 Å². The first-order valence-electron chi connectivity index (χ1n) is 8.99. The summed E-state index contributed by atoms with van der Waals surface area (Å²) in [5.74, 6) is 0. The Bertz CT molecular complexity index is 813. The van der Waals surface area contributed by atoms with Crippen molar-refractivity contribution in [2.75, 3.05) is 18.5 Å². The maximum atomic E-state index is 13.0. The fourth-order valence-corrected chi connectivity index (χ4v) is 3.55. The SMILES string of the molecule is N#Cc1cccc(NC(=O)N(CCCO)C2CCCc3ccccc32)c1. The lowest BCUT2D eigenvalue weighted by molar-refractivity contribution is 0.169. The fourth-order valence-electron chi connectivity index (χ4n) is 3.55. The van der Waals surface area contributed by atoms with E-state index in [0.717, 1.165) is 19.3 Å². The summed E-state index contributed by atoms with van der Waals surface area (Å²) in [6, 6.07) is 17.0. The zero-order valence-corrected chi connectivity index (χ0v) is 14.7.